The van der Waals surface area contributed by atoms with Crippen LogP contribution in [0.1, 0.15) is 20.3 Å². The minimum absolute atomic E-state index is 0.871. The summed E-state index contributed by atoms with van der Waals surface area (Å²) in [5.74, 6) is 1.82. The van der Waals surface area contributed by atoms with Gasteiger partial charge in [0.25, 0.3) is 0 Å². The van der Waals surface area contributed by atoms with E-state index in [-0.39, 0.29) is 0 Å². The summed E-state index contributed by atoms with van der Waals surface area (Å²) in [7, 11) is 2.77. The number of hydrogen-bond acceptors (Lipinski definition) is 1. The molecule has 0 radical (unpaired) electrons. The van der Waals surface area contributed by atoms with Gasteiger partial charge in [-0.1, -0.05) is 23.2 Å². The standard InChI is InChI=1S/C7H16NP/c1-6(2)7-3-4-8(9)5-7/h6-7H,3-5,9H2,1-2H3. The Balaban J connectivity index is 2.30. The highest BCUT2D eigenvalue weighted by atomic mass is 31.0. The van der Waals surface area contributed by atoms with Crippen LogP contribution in [-0.4, -0.2) is 17.8 Å². The lowest BCUT2D eigenvalue weighted by atomic mass is 9.96. The number of hydrogen-bond donors (Lipinski definition) is 0. The second-order valence-electron chi connectivity index (χ2n) is 3.29. The smallest absolute Gasteiger partial charge is 0.00474 e. The molecule has 2 atom stereocenters. The summed E-state index contributed by atoms with van der Waals surface area (Å²) in [6, 6.07) is 0. The summed E-state index contributed by atoms with van der Waals surface area (Å²) in [5, 5.41) is 0. The fourth-order valence-corrected chi connectivity index (χ4v) is 1.78. The zero-order valence-corrected chi connectivity index (χ0v) is 7.46. The van der Waals surface area contributed by atoms with Crippen molar-refractivity contribution in [1.29, 1.82) is 0 Å². The van der Waals surface area contributed by atoms with Crippen LogP contribution < -0.4 is 0 Å². The molecule has 1 aliphatic heterocycles. The molecule has 0 aromatic carbocycles. The molecule has 0 N–H and O–H groups in total. The predicted octanol–water partition coefficient (Wildman–Crippen LogP) is 1.75. The SMILES string of the molecule is CC(C)C1CCN(P)C1. The van der Waals surface area contributed by atoms with E-state index in [4.69, 9.17) is 0 Å². The van der Waals surface area contributed by atoms with Gasteiger partial charge in [0, 0.05) is 13.1 Å². The van der Waals surface area contributed by atoms with Crippen molar-refractivity contribution in [1.82, 2.24) is 4.67 Å². The maximum atomic E-state index is 2.77. The van der Waals surface area contributed by atoms with Gasteiger partial charge in [-0.25, -0.2) is 0 Å². The zero-order chi connectivity index (χ0) is 6.85. The van der Waals surface area contributed by atoms with Crippen molar-refractivity contribution < 1.29 is 0 Å². The molecule has 1 aliphatic rings. The van der Waals surface area contributed by atoms with Crippen LogP contribution in [0.2, 0.25) is 0 Å². The molecule has 1 rings (SSSR count). The van der Waals surface area contributed by atoms with E-state index in [1.807, 2.05) is 0 Å². The molecule has 9 heavy (non-hydrogen) atoms. The molecule has 54 valence electrons. The molecule has 1 nitrogen and oxygen atoms in total. The van der Waals surface area contributed by atoms with Gasteiger partial charge in [0.2, 0.25) is 0 Å². The van der Waals surface area contributed by atoms with Gasteiger partial charge in [-0.2, -0.15) is 0 Å². The lowest BCUT2D eigenvalue weighted by molar-refractivity contribution is 0.400. The van der Waals surface area contributed by atoms with Crippen molar-refractivity contribution in [2.45, 2.75) is 20.3 Å². The summed E-state index contributed by atoms with van der Waals surface area (Å²) >= 11 is 0. The predicted molar refractivity (Wildman–Crippen MR) is 44.2 cm³/mol. The van der Waals surface area contributed by atoms with Crippen LogP contribution in [0.25, 0.3) is 0 Å². The largest absolute Gasteiger partial charge is 0.287 e. The number of nitrogens with zero attached hydrogens (tertiary/aromatic N) is 1. The van der Waals surface area contributed by atoms with Crippen LogP contribution in [0.3, 0.4) is 0 Å². The molecule has 0 amide bonds. The first-order valence-corrected chi connectivity index (χ1v) is 4.21. The maximum Gasteiger partial charge on any atom is 0.00474 e. The molecular weight excluding hydrogens is 129 g/mol. The third-order valence-corrected chi connectivity index (χ3v) is 2.67. The average molecular weight is 145 g/mol. The number of rotatable bonds is 1. The van der Waals surface area contributed by atoms with Crippen LogP contribution >= 0.6 is 9.39 Å². The Bertz CT molecular complexity index is 92.9. The lowest BCUT2D eigenvalue weighted by Gasteiger charge is -2.12. The summed E-state index contributed by atoms with van der Waals surface area (Å²) in [6.07, 6.45) is 1.39. The summed E-state index contributed by atoms with van der Waals surface area (Å²) in [6.45, 7) is 7.18. The van der Waals surface area contributed by atoms with Gasteiger partial charge in [-0.3, -0.25) is 4.67 Å². The minimum Gasteiger partial charge on any atom is -0.287 e. The summed E-state index contributed by atoms with van der Waals surface area (Å²) in [4.78, 5) is 0. The monoisotopic (exact) mass is 145 g/mol. The molecule has 0 spiro atoms. The lowest BCUT2D eigenvalue weighted by Crippen LogP contribution is -2.11. The molecular formula is C7H16NP. The third-order valence-electron chi connectivity index (χ3n) is 2.20. The molecule has 2 heteroatoms. The van der Waals surface area contributed by atoms with Gasteiger partial charge in [0.1, 0.15) is 0 Å². The van der Waals surface area contributed by atoms with Crippen molar-refractivity contribution in [3.05, 3.63) is 0 Å². The minimum atomic E-state index is 0.871. The van der Waals surface area contributed by atoms with Crippen molar-refractivity contribution in [2.75, 3.05) is 13.1 Å². The Morgan fingerprint density at radius 2 is 2.22 bits per heavy atom. The van der Waals surface area contributed by atoms with Gasteiger partial charge >= 0.3 is 0 Å². The van der Waals surface area contributed by atoms with Gasteiger partial charge in [0.15, 0.2) is 0 Å². The zero-order valence-electron chi connectivity index (χ0n) is 6.30. The Labute approximate surface area is 60.1 Å². The first kappa shape index (κ1) is 7.50. The molecule has 0 aromatic rings. The van der Waals surface area contributed by atoms with E-state index in [0.29, 0.717) is 0 Å². The Morgan fingerprint density at radius 3 is 2.44 bits per heavy atom. The van der Waals surface area contributed by atoms with Crippen molar-refractivity contribution in [3.8, 4) is 0 Å². The van der Waals surface area contributed by atoms with E-state index < -0.39 is 0 Å². The highest BCUT2D eigenvalue weighted by molar-refractivity contribution is 7.13. The van der Waals surface area contributed by atoms with Crippen LogP contribution in [0, 0.1) is 11.8 Å². The Kier molecular flexibility index (Phi) is 2.49. The highest BCUT2D eigenvalue weighted by Crippen LogP contribution is 2.25. The van der Waals surface area contributed by atoms with Gasteiger partial charge in [-0.15, -0.1) is 0 Å². The topological polar surface area (TPSA) is 3.24 Å². The fraction of sp³-hybridized carbons (Fsp3) is 1.00. The van der Waals surface area contributed by atoms with Crippen LogP contribution in [0.4, 0.5) is 0 Å². The van der Waals surface area contributed by atoms with Crippen LogP contribution in [0.5, 0.6) is 0 Å². The van der Waals surface area contributed by atoms with Crippen molar-refractivity contribution in [2.24, 2.45) is 11.8 Å². The second-order valence-corrected chi connectivity index (χ2v) is 4.02. The van der Waals surface area contributed by atoms with E-state index in [1.54, 1.807) is 0 Å². The third kappa shape index (κ3) is 1.91. The molecule has 2 unspecified atom stereocenters. The van der Waals surface area contributed by atoms with Crippen molar-refractivity contribution in [3.63, 3.8) is 0 Å². The summed E-state index contributed by atoms with van der Waals surface area (Å²) < 4.78 is 2.34. The van der Waals surface area contributed by atoms with Crippen molar-refractivity contribution >= 4 is 9.39 Å². The Morgan fingerprint density at radius 1 is 1.56 bits per heavy atom. The van der Waals surface area contributed by atoms with E-state index in [2.05, 4.69) is 27.9 Å². The molecule has 0 aliphatic carbocycles. The van der Waals surface area contributed by atoms with E-state index in [1.165, 1.54) is 19.5 Å². The Hall–Kier alpha value is 0.390. The van der Waals surface area contributed by atoms with Crippen LogP contribution in [0.15, 0.2) is 0 Å². The molecule has 0 saturated carbocycles. The highest BCUT2D eigenvalue weighted by Gasteiger charge is 2.21. The van der Waals surface area contributed by atoms with Gasteiger partial charge in [0.05, 0.1) is 0 Å². The van der Waals surface area contributed by atoms with Crippen LogP contribution in [-0.2, 0) is 0 Å². The maximum absolute atomic E-state index is 2.77. The van der Waals surface area contributed by atoms with Gasteiger partial charge < -0.3 is 0 Å². The van der Waals surface area contributed by atoms with E-state index in [0.717, 1.165) is 11.8 Å². The molecule has 1 saturated heterocycles. The van der Waals surface area contributed by atoms with E-state index in [9.17, 15) is 0 Å². The molecule has 0 bridgehead atoms. The average Bonchev–Trinajstić information content (AvgIpc) is 2.14. The quantitative estimate of drug-likeness (QED) is 0.508. The fourth-order valence-electron chi connectivity index (χ4n) is 1.36. The second kappa shape index (κ2) is 2.98. The first-order valence-electron chi connectivity index (χ1n) is 3.70. The summed E-state index contributed by atoms with van der Waals surface area (Å²) in [5.41, 5.74) is 0. The molecule has 1 heterocycles. The molecule has 1 fully saturated rings. The van der Waals surface area contributed by atoms with E-state index >= 15 is 0 Å². The molecule has 0 aromatic heterocycles. The van der Waals surface area contributed by atoms with Gasteiger partial charge in [-0.05, 0) is 18.3 Å². The normalized spacial score (nSPS) is 30.0. The first-order chi connectivity index (χ1) is 4.20.